The van der Waals surface area contributed by atoms with Gasteiger partial charge in [-0.25, -0.2) is 0 Å². The van der Waals surface area contributed by atoms with E-state index in [0.717, 1.165) is 13.0 Å². The topological polar surface area (TPSA) is 54.6 Å². The summed E-state index contributed by atoms with van der Waals surface area (Å²) in [5, 5.41) is 13.0. The van der Waals surface area contributed by atoms with Crippen molar-refractivity contribution in [3.05, 3.63) is 53.0 Å². The van der Waals surface area contributed by atoms with Gasteiger partial charge in [0.05, 0.1) is 5.76 Å². The molecule has 0 spiro atoms. The molecule has 1 aromatic rings. The molecule has 4 nitrogen and oxygen atoms in total. The van der Waals surface area contributed by atoms with Gasteiger partial charge < -0.3 is 15.3 Å². The van der Waals surface area contributed by atoms with Gasteiger partial charge >= 0.3 is 0 Å². The molecule has 0 aromatic heterocycles. The number of benzene rings is 1. The number of ketones is 1. The quantitative estimate of drug-likeness (QED) is 0.397. The summed E-state index contributed by atoms with van der Waals surface area (Å²) in [5.74, 6) is -0.0625. The fourth-order valence-corrected chi connectivity index (χ4v) is 2.43. The van der Waals surface area contributed by atoms with Crippen LogP contribution in [0.15, 0.2) is 36.1 Å². The molecule has 0 saturated carbocycles. The molecule has 1 aliphatic heterocycles. The number of hydrogen-bond donors (Lipinski definition) is 1. The minimum atomic E-state index is -0.125. The van der Waals surface area contributed by atoms with Crippen LogP contribution in [0, 0.1) is 6.07 Å². The molecule has 131 valence electrons. The van der Waals surface area contributed by atoms with Crippen LogP contribution < -0.4 is 0 Å². The Kier molecular flexibility index (Phi) is 11.0. The molecule has 1 radical (unpaired) electrons. The number of piperidine rings is 1. The Morgan fingerprint density at radius 1 is 1.39 bits per heavy atom. The third kappa shape index (κ3) is 9.01. The number of rotatable bonds is 3. The van der Waals surface area contributed by atoms with Gasteiger partial charge in [-0.05, 0) is 27.9 Å². The Balaban J connectivity index is 0.000000522. The van der Waals surface area contributed by atoms with E-state index in [-0.39, 0.29) is 31.6 Å². The average molecular weight is 495 g/mol. The number of carbonyl (C=O) groups excluding carboxylic acids is 1. The van der Waals surface area contributed by atoms with Crippen molar-refractivity contribution in [1.29, 1.82) is 0 Å². The van der Waals surface area contributed by atoms with Crippen LogP contribution in [0.1, 0.15) is 38.3 Å². The largest absolute Gasteiger partial charge is 0.657 e. The van der Waals surface area contributed by atoms with Crippen LogP contribution in [0.25, 0.3) is 5.32 Å². The van der Waals surface area contributed by atoms with Gasteiger partial charge in [-0.2, -0.15) is 35.9 Å². The second kappa shape index (κ2) is 11.5. The monoisotopic (exact) mass is 495 g/mol. The van der Waals surface area contributed by atoms with E-state index in [4.69, 9.17) is 5.11 Å². The van der Waals surface area contributed by atoms with Crippen molar-refractivity contribution in [2.75, 3.05) is 20.6 Å². The van der Waals surface area contributed by atoms with E-state index in [9.17, 15) is 4.79 Å². The molecule has 1 heterocycles. The molecule has 1 fully saturated rings. The Morgan fingerprint density at radius 2 is 2.09 bits per heavy atom. The Morgan fingerprint density at radius 3 is 2.52 bits per heavy atom. The third-order valence-electron chi connectivity index (χ3n) is 3.54. The van der Waals surface area contributed by atoms with Gasteiger partial charge in [-0.1, -0.05) is 12.8 Å². The predicted molar refractivity (Wildman–Crippen MR) is 90.0 cm³/mol. The second-order valence-electron chi connectivity index (χ2n) is 5.78. The molecule has 23 heavy (non-hydrogen) atoms. The summed E-state index contributed by atoms with van der Waals surface area (Å²) in [7, 11) is 4.31. The number of aliphatic hydroxyl groups excluding tert-OH is 1. The summed E-state index contributed by atoms with van der Waals surface area (Å²) in [5.41, 5.74) is 1.24. The van der Waals surface area contributed by atoms with Crippen LogP contribution in [0.5, 0.6) is 0 Å². The molecule has 1 aliphatic rings. The molecule has 2 unspecified atom stereocenters. The molecule has 1 aromatic carbocycles. The zero-order valence-electron chi connectivity index (χ0n) is 14.2. The van der Waals surface area contributed by atoms with Gasteiger partial charge in [0.15, 0.2) is 5.78 Å². The second-order valence-corrected chi connectivity index (χ2v) is 5.78. The van der Waals surface area contributed by atoms with Gasteiger partial charge in [-0.3, -0.25) is 4.79 Å². The molecule has 0 amide bonds. The van der Waals surface area contributed by atoms with Gasteiger partial charge in [0.2, 0.25) is 0 Å². The minimum absolute atomic E-state index is 0. The Bertz CT molecular complexity index is 485. The molecule has 0 aliphatic carbocycles. The Hall–Kier alpha value is -1.00. The molecule has 1 saturated heterocycles. The number of carbonyl (C=O) groups is 1. The van der Waals surface area contributed by atoms with Crippen LogP contribution in [0.3, 0.4) is 0 Å². The molecular formula is C18H26IrN2O2-2. The number of hydrogen-bond acceptors (Lipinski definition) is 3. The summed E-state index contributed by atoms with van der Waals surface area (Å²) in [6, 6.07) is 12.5. The standard InChI is InChI=1S/C13H18N2.C5H8O2.Ir/c1-15(2)12-8-9-14-13(10-12)11-6-4-3-5-7-11;1-4(6)3-5(2)7;/h3-6,12-13H,8-10H2,1-2H3;3,6H,1-2H3;/q-2;;/b;4-3-;. The summed E-state index contributed by atoms with van der Waals surface area (Å²) in [6.45, 7) is 3.83. The molecule has 5 heteroatoms. The fraction of sp³-hybridized carbons (Fsp3) is 0.500. The normalized spacial score (nSPS) is 21.0. The van der Waals surface area contributed by atoms with Gasteiger partial charge in [0.25, 0.3) is 0 Å². The van der Waals surface area contributed by atoms with E-state index in [1.54, 1.807) is 0 Å². The summed E-state index contributed by atoms with van der Waals surface area (Å²) in [4.78, 5) is 12.3. The maximum absolute atomic E-state index is 10.0. The van der Waals surface area contributed by atoms with Gasteiger partial charge in [0, 0.05) is 32.2 Å². The van der Waals surface area contributed by atoms with E-state index in [1.807, 2.05) is 12.1 Å². The predicted octanol–water partition coefficient (Wildman–Crippen LogP) is 3.66. The molecular weight excluding hydrogens is 468 g/mol. The van der Waals surface area contributed by atoms with E-state index in [0.29, 0.717) is 12.1 Å². The first-order valence-electron chi connectivity index (χ1n) is 7.57. The van der Waals surface area contributed by atoms with Crippen LogP contribution in [0.4, 0.5) is 0 Å². The van der Waals surface area contributed by atoms with E-state index < -0.39 is 0 Å². The zero-order chi connectivity index (χ0) is 16.5. The summed E-state index contributed by atoms with van der Waals surface area (Å²) < 4.78 is 0. The van der Waals surface area contributed by atoms with Crippen molar-refractivity contribution in [1.82, 2.24) is 4.90 Å². The maximum atomic E-state index is 10.0. The van der Waals surface area contributed by atoms with Crippen molar-refractivity contribution < 1.29 is 30.0 Å². The minimum Gasteiger partial charge on any atom is -0.657 e. The first kappa shape index (κ1) is 22.0. The molecule has 0 bridgehead atoms. The van der Waals surface area contributed by atoms with Gasteiger partial charge in [-0.15, -0.1) is 12.6 Å². The maximum Gasteiger partial charge on any atom is 0.155 e. The van der Waals surface area contributed by atoms with Crippen LogP contribution >= 0.6 is 0 Å². The van der Waals surface area contributed by atoms with Crippen molar-refractivity contribution in [2.24, 2.45) is 0 Å². The molecule has 2 rings (SSSR count). The first-order chi connectivity index (χ1) is 10.4. The van der Waals surface area contributed by atoms with Crippen molar-refractivity contribution >= 4 is 5.78 Å². The molecule has 2 atom stereocenters. The smallest absolute Gasteiger partial charge is 0.155 e. The van der Waals surface area contributed by atoms with Gasteiger partial charge in [0.1, 0.15) is 0 Å². The number of aliphatic hydroxyl groups is 1. The van der Waals surface area contributed by atoms with Crippen molar-refractivity contribution in [3.8, 4) is 0 Å². The molecule has 1 N–H and O–H groups in total. The fourth-order valence-electron chi connectivity index (χ4n) is 2.43. The number of nitrogens with zero attached hydrogens (tertiary/aromatic N) is 2. The van der Waals surface area contributed by atoms with E-state index in [2.05, 4.69) is 42.5 Å². The first-order valence-corrected chi connectivity index (χ1v) is 7.57. The Labute approximate surface area is 153 Å². The van der Waals surface area contributed by atoms with E-state index in [1.165, 1.54) is 31.9 Å². The van der Waals surface area contributed by atoms with Crippen molar-refractivity contribution in [2.45, 2.75) is 38.8 Å². The SMILES string of the molecule is CC(=O)/C=C(/C)O.CN(C)C1CC[N-]C(c2[c-]cccc2)C1.[Ir]. The average Bonchev–Trinajstić information content (AvgIpc) is 2.47. The zero-order valence-corrected chi connectivity index (χ0v) is 16.6. The van der Waals surface area contributed by atoms with Crippen LogP contribution in [0.2, 0.25) is 0 Å². The summed E-state index contributed by atoms with van der Waals surface area (Å²) >= 11 is 0. The van der Waals surface area contributed by atoms with Crippen LogP contribution in [-0.4, -0.2) is 42.5 Å². The van der Waals surface area contributed by atoms with E-state index >= 15 is 0 Å². The van der Waals surface area contributed by atoms with Crippen LogP contribution in [-0.2, 0) is 24.9 Å². The summed E-state index contributed by atoms with van der Waals surface area (Å²) in [6.07, 6.45) is 3.49. The van der Waals surface area contributed by atoms with Crippen molar-refractivity contribution in [3.63, 3.8) is 0 Å². The third-order valence-corrected chi connectivity index (χ3v) is 3.54. The number of allylic oxidation sites excluding steroid dienone is 2.